The molecule has 0 radical (unpaired) electrons. The largest absolute Gasteiger partial charge is 0.494 e. The Balaban J connectivity index is 1.80. The van der Waals surface area contributed by atoms with Gasteiger partial charge in [0, 0.05) is 29.6 Å². The number of aromatic hydroxyl groups is 1. The number of nitrogens with one attached hydrogen (secondary N) is 1. The zero-order valence-corrected chi connectivity index (χ0v) is 21.6. The Morgan fingerprint density at radius 1 is 0.973 bits per heavy atom. The van der Waals surface area contributed by atoms with Gasteiger partial charge in [-0.1, -0.05) is 42.5 Å². The van der Waals surface area contributed by atoms with Gasteiger partial charge < -0.3 is 25.0 Å². The Labute approximate surface area is 216 Å². The zero-order valence-electron chi connectivity index (χ0n) is 20.8. The van der Waals surface area contributed by atoms with E-state index >= 15 is 0 Å². The molecular formula is C26H29BN4O5S. The third kappa shape index (κ3) is 6.03. The van der Waals surface area contributed by atoms with Crippen LogP contribution in [0, 0.1) is 0 Å². The van der Waals surface area contributed by atoms with Crippen molar-refractivity contribution in [2.45, 2.75) is 0 Å². The maximum atomic E-state index is 12.4. The van der Waals surface area contributed by atoms with Crippen LogP contribution in [-0.4, -0.2) is 79.7 Å². The van der Waals surface area contributed by atoms with Gasteiger partial charge in [-0.15, -0.1) is 0 Å². The molecule has 192 valence electrons. The smallest absolute Gasteiger partial charge is 0.488 e. The fourth-order valence-electron chi connectivity index (χ4n) is 4.06. The number of likely N-dealkylation sites (N-methyl/N-ethyl adjacent to an activating group) is 1. The van der Waals surface area contributed by atoms with Crippen LogP contribution in [-0.2, 0) is 10.0 Å². The number of nitrogens with zero attached hydrogens (tertiary/aromatic N) is 3. The lowest BCUT2D eigenvalue weighted by molar-refractivity contribution is 0.419. The topological polar surface area (TPSA) is 129 Å². The first kappa shape index (κ1) is 26.4. The summed E-state index contributed by atoms with van der Waals surface area (Å²) < 4.78 is 26.1. The van der Waals surface area contributed by atoms with Crippen molar-refractivity contribution < 1.29 is 23.6 Å². The van der Waals surface area contributed by atoms with Crippen molar-refractivity contribution >= 4 is 50.6 Å². The molecule has 0 atom stereocenters. The van der Waals surface area contributed by atoms with Crippen LogP contribution in [0.3, 0.4) is 0 Å². The Bertz CT molecular complexity index is 1520. The summed E-state index contributed by atoms with van der Waals surface area (Å²) in [7, 11) is -1.34. The van der Waals surface area contributed by atoms with Crippen molar-refractivity contribution in [3.8, 4) is 5.88 Å². The average Bonchev–Trinajstić information content (AvgIpc) is 3.17. The first-order chi connectivity index (χ1) is 17.5. The number of aromatic nitrogens is 1. The molecule has 0 saturated carbocycles. The molecule has 0 saturated heterocycles. The number of fused-ring (bicyclic) bond motifs is 1. The molecule has 0 spiro atoms. The van der Waals surface area contributed by atoms with Crippen molar-refractivity contribution in [3.05, 3.63) is 83.9 Å². The Hall–Kier alpha value is -3.64. The van der Waals surface area contributed by atoms with Crippen LogP contribution in [0.5, 0.6) is 5.88 Å². The molecule has 4 rings (SSSR count). The minimum absolute atomic E-state index is 0.106. The van der Waals surface area contributed by atoms with Gasteiger partial charge in [-0.25, -0.2) is 13.4 Å². The first-order valence-corrected chi connectivity index (χ1v) is 13.5. The highest BCUT2D eigenvalue weighted by Crippen LogP contribution is 2.31. The second-order valence-electron chi connectivity index (χ2n) is 9.01. The Kier molecular flexibility index (Phi) is 7.69. The predicted octanol–water partition coefficient (Wildman–Crippen LogP) is 2.05. The number of aliphatic imine (C=N–C) groups is 1. The van der Waals surface area contributed by atoms with E-state index in [1.165, 1.54) is 10.6 Å². The highest BCUT2D eigenvalue weighted by molar-refractivity contribution is 7.92. The number of aromatic amines is 1. The van der Waals surface area contributed by atoms with E-state index in [2.05, 4.69) is 4.98 Å². The molecule has 0 aliphatic carbocycles. The molecule has 3 aromatic carbocycles. The SMILES string of the molecule is CN(C)CCN(c1ccc(N=C(c2ccccc2)c2c(O)[nH]c3cc(B(O)O)ccc23)cc1)S(C)(=O)=O. The second kappa shape index (κ2) is 10.8. The van der Waals surface area contributed by atoms with Crippen LogP contribution in [0.15, 0.2) is 77.8 Å². The minimum atomic E-state index is -3.47. The standard InChI is InChI=1S/C26H29BN4O5S/c1-30(2)15-16-31(37(3,35)36)21-12-10-20(11-13-21)28-25(18-7-5-4-6-8-18)24-22-14-9-19(27(33)34)17-23(22)29-26(24)32/h4-14,17,29,32-34H,15-16H2,1-3H3. The number of rotatable bonds is 9. The molecule has 4 N–H and O–H groups in total. The summed E-state index contributed by atoms with van der Waals surface area (Å²) in [6.07, 6.45) is 1.18. The molecule has 0 amide bonds. The van der Waals surface area contributed by atoms with Crippen LogP contribution in [0.1, 0.15) is 11.1 Å². The van der Waals surface area contributed by atoms with E-state index in [4.69, 9.17) is 4.99 Å². The number of anilines is 1. The quantitative estimate of drug-likeness (QED) is 0.198. The summed E-state index contributed by atoms with van der Waals surface area (Å²) in [5.41, 5.74) is 3.66. The van der Waals surface area contributed by atoms with E-state index in [0.29, 0.717) is 52.1 Å². The fraction of sp³-hybridized carbons (Fsp3) is 0.192. The fourth-order valence-corrected chi connectivity index (χ4v) is 4.98. The van der Waals surface area contributed by atoms with Gasteiger partial charge in [-0.05, 0) is 49.9 Å². The Morgan fingerprint density at radius 3 is 2.24 bits per heavy atom. The normalized spacial score (nSPS) is 12.3. The summed E-state index contributed by atoms with van der Waals surface area (Å²) in [5, 5.41) is 30.6. The molecular weight excluding hydrogens is 491 g/mol. The highest BCUT2D eigenvalue weighted by Gasteiger charge is 2.21. The lowest BCUT2D eigenvalue weighted by Crippen LogP contribution is -2.35. The minimum Gasteiger partial charge on any atom is -0.494 e. The van der Waals surface area contributed by atoms with Gasteiger partial charge >= 0.3 is 7.12 Å². The molecule has 11 heteroatoms. The third-order valence-corrected chi connectivity index (χ3v) is 7.11. The van der Waals surface area contributed by atoms with E-state index in [-0.39, 0.29) is 5.88 Å². The van der Waals surface area contributed by atoms with Crippen LogP contribution in [0.25, 0.3) is 10.9 Å². The van der Waals surface area contributed by atoms with E-state index in [1.807, 2.05) is 49.3 Å². The number of hydrogen-bond donors (Lipinski definition) is 4. The second-order valence-corrected chi connectivity index (χ2v) is 10.9. The lowest BCUT2D eigenvalue weighted by atomic mass is 9.80. The van der Waals surface area contributed by atoms with Gasteiger partial charge in [-0.2, -0.15) is 0 Å². The molecule has 4 aromatic rings. The maximum Gasteiger partial charge on any atom is 0.488 e. The molecule has 0 unspecified atom stereocenters. The summed E-state index contributed by atoms with van der Waals surface area (Å²) >= 11 is 0. The number of benzene rings is 3. The van der Waals surface area contributed by atoms with Crippen LogP contribution >= 0.6 is 0 Å². The first-order valence-electron chi connectivity index (χ1n) is 11.6. The highest BCUT2D eigenvalue weighted by atomic mass is 32.2. The van der Waals surface area contributed by atoms with Gasteiger partial charge in [-0.3, -0.25) is 4.31 Å². The monoisotopic (exact) mass is 520 g/mol. The van der Waals surface area contributed by atoms with Crippen molar-refractivity contribution in [1.29, 1.82) is 0 Å². The summed E-state index contributed by atoms with van der Waals surface area (Å²) in [6, 6.07) is 21.1. The van der Waals surface area contributed by atoms with Crippen LogP contribution < -0.4 is 9.77 Å². The third-order valence-electron chi connectivity index (χ3n) is 5.91. The maximum absolute atomic E-state index is 12.4. The molecule has 0 aliphatic heterocycles. The lowest BCUT2D eigenvalue weighted by Gasteiger charge is -2.24. The van der Waals surface area contributed by atoms with Crippen molar-refractivity contribution in [1.82, 2.24) is 9.88 Å². The summed E-state index contributed by atoms with van der Waals surface area (Å²) in [5.74, 6) is -0.106. The summed E-state index contributed by atoms with van der Waals surface area (Å²) in [4.78, 5) is 9.65. The summed E-state index contributed by atoms with van der Waals surface area (Å²) in [6.45, 7) is 0.886. The van der Waals surface area contributed by atoms with Crippen molar-refractivity contribution in [3.63, 3.8) is 0 Å². The van der Waals surface area contributed by atoms with Gasteiger partial charge in [0.25, 0.3) is 0 Å². The van der Waals surface area contributed by atoms with E-state index in [1.54, 1.807) is 42.5 Å². The van der Waals surface area contributed by atoms with Crippen molar-refractivity contribution in [2.75, 3.05) is 37.7 Å². The molecule has 9 nitrogen and oxygen atoms in total. The Morgan fingerprint density at radius 2 is 1.65 bits per heavy atom. The van der Waals surface area contributed by atoms with Gasteiger partial charge in [0.2, 0.25) is 10.0 Å². The van der Waals surface area contributed by atoms with Crippen LogP contribution in [0.2, 0.25) is 0 Å². The van der Waals surface area contributed by atoms with E-state index in [9.17, 15) is 23.6 Å². The van der Waals surface area contributed by atoms with Crippen LogP contribution in [0.4, 0.5) is 11.4 Å². The molecule has 1 aromatic heterocycles. The predicted molar refractivity (Wildman–Crippen MR) is 149 cm³/mol. The number of sulfonamides is 1. The van der Waals surface area contributed by atoms with Gasteiger partial charge in [0.1, 0.15) is 0 Å². The molecule has 1 heterocycles. The zero-order chi connectivity index (χ0) is 26.7. The van der Waals surface area contributed by atoms with Gasteiger partial charge in [0.05, 0.1) is 28.9 Å². The van der Waals surface area contributed by atoms with Crippen molar-refractivity contribution in [2.24, 2.45) is 4.99 Å². The number of H-pyrrole nitrogens is 1. The average molecular weight is 520 g/mol. The van der Waals surface area contributed by atoms with E-state index < -0.39 is 17.1 Å². The molecule has 37 heavy (non-hydrogen) atoms. The van der Waals surface area contributed by atoms with Gasteiger partial charge in [0.15, 0.2) is 5.88 Å². The number of hydrogen-bond acceptors (Lipinski definition) is 7. The molecule has 0 bridgehead atoms. The van der Waals surface area contributed by atoms with E-state index in [0.717, 1.165) is 5.56 Å². The molecule has 0 fully saturated rings. The molecule has 0 aliphatic rings.